The Hall–Kier alpha value is -1.92. The van der Waals surface area contributed by atoms with Gasteiger partial charge in [-0.15, -0.1) is 0 Å². The molecule has 0 saturated heterocycles. The lowest BCUT2D eigenvalue weighted by Gasteiger charge is -2.23. The summed E-state index contributed by atoms with van der Waals surface area (Å²) in [5.41, 5.74) is 7.02. The Balaban J connectivity index is 1.78. The van der Waals surface area contributed by atoms with Crippen LogP contribution in [-0.2, 0) is 11.2 Å². The maximum Gasteiger partial charge on any atom is 0.228 e. The average molecular weight is 289 g/mol. The van der Waals surface area contributed by atoms with Gasteiger partial charge >= 0.3 is 0 Å². The zero-order chi connectivity index (χ0) is 14.7. The van der Waals surface area contributed by atoms with Crippen LogP contribution in [-0.4, -0.2) is 36.5 Å². The standard InChI is InChI=1S/C15H19N3O3/c1-19-9-10(16)8-14-17-15(18-21-14)12-6-7-20-13-5-3-2-4-11(12)13/h2-5,10,12H,6-9,16H2,1H3. The topological polar surface area (TPSA) is 83.4 Å². The third-order valence-electron chi connectivity index (χ3n) is 3.57. The molecule has 2 atom stereocenters. The van der Waals surface area contributed by atoms with Gasteiger partial charge in [0.15, 0.2) is 5.82 Å². The quantitative estimate of drug-likeness (QED) is 0.898. The number of hydrogen-bond acceptors (Lipinski definition) is 6. The van der Waals surface area contributed by atoms with Crippen molar-refractivity contribution in [3.8, 4) is 5.75 Å². The number of nitrogens with two attached hydrogens (primary N) is 1. The molecule has 0 aliphatic carbocycles. The zero-order valence-electron chi connectivity index (χ0n) is 12.0. The van der Waals surface area contributed by atoms with Crippen LogP contribution >= 0.6 is 0 Å². The molecule has 0 saturated carbocycles. The number of rotatable bonds is 5. The van der Waals surface area contributed by atoms with E-state index in [0.717, 1.165) is 17.7 Å². The van der Waals surface area contributed by atoms with Crippen molar-refractivity contribution in [3.63, 3.8) is 0 Å². The van der Waals surface area contributed by atoms with Crippen LogP contribution in [0.15, 0.2) is 28.8 Å². The number of methoxy groups -OCH3 is 1. The van der Waals surface area contributed by atoms with Crippen LogP contribution in [0.3, 0.4) is 0 Å². The van der Waals surface area contributed by atoms with E-state index in [1.54, 1.807) is 7.11 Å². The van der Waals surface area contributed by atoms with Gasteiger partial charge in [0.05, 0.1) is 19.1 Å². The number of fused-ring (bicyclic) bond motifs is 1. The van der Waals surface area contributed by atoms with Gasteiger partial charge in [0.25, 0.3) is 0 Å². The van der Waals surface area contributed by atoms with E-state index in [-0.39, 0.29) is 12.0 Å². The van der Waals surface area contributed by atoms with Gasteiger partial charge in [-0.2, -0.15) is 4.98 Å². The van der Waals surface area contributed by atoms with Gasteiger partial charge in [-0.25, -0.2) is 0 Å². The maximum atomic E-state index is 5.91. The molecule has 1 aliphatic rings. The fourth-order valence-electron chi connectivity index (χ4n) is 2.60. The van der Waals surface area contributed by atoms with Crippen LogP contribution in [0.2, 0.25) is 0 Å². The van der Waals surface area contributed by atoms with Crippen molar-refractivity contribution in [3.05, 3.63) is 41.5 Å². The highest BCUT2D eigenvalue weighted by Crippen LogP contribution is 2.36. The van der Waals surface area contributed by atoms with Crippen LogP contribution in [0, 0.1) is 0 Å². The predicted octanol–water partition coefficient (Wildman–Crippen LogP) is 1.50. The molecule has 2 heterocycles. The van der Waals surface area contributed by atoms with E-state index >= 15 is 0 Å². The Morgan fingerprint density at radius 3 is 3.14 bits per heavy atom. The Kier molecular flexibility index (Phi) is 4.17. The highest BCUT2D eigenvalue weighted by Gasteiger charge is 2.27. The number of benzene rings is 1. The van der Waals surface area contributed by atoms with E-state index in [0.29, 0.717) is 31.3 Å². The maximum absolute atomic E-state index is 5.91. The molecular weight excluding hydrogens is 270 g/mol. The van der Waals surface area contributed by atoms with Gasteiger partial charge in [0.2, 0.25) is 5.89 Å². The molecule has 1 aromatic heterocycles. The summed E-state index contributed by atoms with van der Waals surface area (Å²) in [5, 5.41) is 4.11. The van der Waals surface area contributed by atoms with Crippen molar-refractivity contribution in [2.75, 3.05) is 20.3 Å². The fourth-order valence-corrected chi connectivity index (χ4v) is 2.60. The minimum atomic E-state index is -0.134. The number of aromatic nitrogens is 2. The minimum absolute atomic E-state index is 0.117. The molecular formula is C15H19N3O3. The number of nitrogens with zero attached hydrogens (tertiary/aromatic N) is 2. The molecule has 6 nitrogen and oxygen atoms in total. The van der Waals surface area contributed by atoms with Crippen molar-refractivity contribution in [2.24, 2.45) is 5.73 Å². The predicted molar refractivity (Wildman–Crippen MR) is 76.3 cm³/mol. The molecule has 2 N–H and O–H groups in total. The van der Waals surface area contributed by atoms with Gasteiger partial charge in [-0.05, 0) is 12.5 Å². The van der Waals surface area contributed by atoms with Gasteiger partial charge in [-0.1, -0.05) is 23.4 Å². The first-order valence-electron chi connectivity index (χ1n) is 7.06. The SMILES string of the molecule is COCC(N)Cc1nc(C2CCOc3ccccc32)no1. The zero-order valence-corrected chi connectivity index (χ0v) is 12.0. The first-order valence-corrected chi connectivity index (χ1v) is 7.06. The molecule has 0 fully saturated rings. The molecule has 112 valence electrons. The monoisotopic (exact) mass is 289 g/mol. The summed E-state index contributed by atoms with van der Waals surface area (Å²) in [6, 6.07) is 7.84. The van der Waals surface area contributed by atoms with Gasteiger partial charge in [0.1, 0.15) is 5.75 Å². The molecule has 2 unspecified atom stereocenters. The van der Waals surface area contributed by atoms with E-state index in [9.17, 15) is 0 Å². The minimum Gasteiger partial charge on any atom is -0.493 e. The second-order valence-electron chi connectivity index (χ2n) is 5.19. The summed E-state index contributed by atoms with van der Waals surface area (Å²) in [6.45, 7) is 1.13. The summed E-state index contributed by atoms with van der Waals surface area (Å²) in [4.78, 5) is 4.49. The normalized spacial score (nSPS) is 18.9. The third kappa shape index (κ3) is 3.06. The van der Waals surface area contributed by atoms with E-state index < -0.39 is 0 Å². The summed E-state index contributed by atoms with van der Waals surface area (Å²) < 4.78 is 16.0. The van der Waals surface area contributed by atoms with Gasteiger partial charge in [0, 0.05) is 25.1 Å². The molecule has 0 amide bonds. The van der Waals surface area contributed by atoms with Crippen LogP contribution in [0.5, 0.6) is 5.75 Å². The van der Waals surface area contributed by atoms with Crippen LogP contribution in [0.1, 0.15) is 29.6 Å². The van der Waals surface area contributed by atoms with Crippen LogP contribution in [0.4, 0.5) is 0 Å². The van der Waals surface area contributed by atoms with Crippen molar-refractivity contribution >= 4 is 0 Å². The van der Waals surface area contributed by atoms with Crippen molar-refractivity contribution in [2.45, 2.75) is 24.8 Å². The van der Waals surface area contributed by atoms with E-state index in [4.69, 9.17) is 19.7 Å². The number of ether oxygens (including phenoxy) is 2. The molecule has 1 aromatic carbocycles. The highest BCUT2D eigenvalue weighted by molar-refractivity contribution is 5.40. The smallest absolute Gasteiger partial charge is 0.228 e. The lowest BCUT2D eigenvalue weighted by atomic mass is 9.92. The van der Waals surface area contributed by atoms with Gasteiger partial charge in [-0.3, -0.25) is 0 Å². The second-order valence-corrected chi connectivity index (χ2v) is 5.19. The third-order valence-corrected chi connectivity index (χ3v) is 3.57. The Morgan fingerprint density at radius 2 is 2.29 bits per heavy atom. The Bertz CT molecular complexity index is 599. The second kappa shape index (κ2) is 6.24. The van der Waals surface area contributed by atoms with E-state index in [2.05, 4.69) is 10.1 Å². The lowest BCUT2D eigenvalue weighted by molar-refractivity contribution is 0.176. The van der Waals surface area contributed by atoms with Crippen LogP contribution in [0.25, 0.3) is 0 Å². The first-order chi connectivity index (χ1) is 10.3. The van der Waals surface area contributed by atoms with Crippen molar-refractivity contribution < 1.29 is 14.0 Å². The average Bonchev–Trinajstić information content (AvgIpc) is 2.95. The largest absolute Gasteiger partial charge is 0.493 e. The van der Waals surface area contributed by atoms with Gasteiger partial charge < -0.3 is 19.7 Å². The summed E-state index contributed by atoms with van der Waals surface area (Å²) in [7, 11) is 1.62. The Morgan fingerprint density at radius 1 is 1.43 bits per heavy atom. The molecule has 0 spiro atoms. The molecule has 21 heavy (non-hydrogen) atoms. The van der Waals surface area contributed by atoms with Crippen LogP contribution < -0.4 is 10.5 Å². The van der Waals surface area contributed by atoms with Crippen molar-refractivity contribution in [1.29, 1.82) is 0 Å². The molecule has 0 radical (unpaired) electrons. The molecule has 2 aromatic rings. The molecule has 6 heteroatoms. The van der Waals surface area contributed by atoms with E-state index in [1.807, 2.05) is 24.3 Å². The number of hydrogen-bond donors (Lipinski definition) is 1. The number of para-hydroxylation sites is 1. The summed E-state index contributed by atoms with van der Waals surface area (Å²) in [6.07, 6.45) is 1.37. The summed E-state index contributed by atoms with van der Waals surface area (Å²) >= 11 is 0. The molecule has 1 aliphatic heterocycles. The molecule has 3 rings (SSSR count). The first kappa shape index (κ1) is 14.0. The Labute approximate surface area is 123 Å². The molecule has 0 bridgehead atoms. The lowest BCUT2D eigenvalue weighted by Crippen LogP contribution is -2.28. The van der Waals surface area contributed by atoms with Crippen molar-refractivity contribution in [1.82, 2.24) is 10.1 Å². The van der Waals surface area contributed by atoms with E-state index in [1.165, 1.54) is 0 Å². The highest BCUT2D eigenvalue weighted by atomic mass is 16.5. The fraction of sp³-hybridized carbons (Fsp3) is 0.467. The summed E-state index contributed by atoms with van der Waals surface area (Å²) in [5.74, 6) is 2.27.